The Kier molecular flexibility index (Phi) is 6.70. The van der Waals surface area contributed by atoms with Crippen molar-refractivity contribution in [2.24, 2.45) is 0 Å². The van der Waals surface area contributed by atoms with Crippen LogP contribution in [-0.4, -0.2) is 9.95 Å². The van der Waals surface area contributed by atoms with Crippen LogP contribution in [0.3, 0.4) is 0 Å². The molecule has 0 heterocycles. The summed E-state index contributed by atoms with van der Waals surface area (Å²) in [6.07, 6.45) is 0. The number of hydrogen-bond acceptors (Lipinski definition) is 2. The van der Waals surface area contributed by atoms with Crippen LogP contribution in [0, 0.1) is 0 Å². The summed E-state index contributed by atoms with van der Waals surface area (Å²) in [4.78, 5) is 9.98. The fourth-order valence-corrected chi connectivity index (χ4v) is 0.489. The van der Waals surface area contributed by atoms with Crippen molar-refractivity contribution >= 4 is 40.8 Å². The summed E-state index contributed by atoms with van der Waals surface area (Å²) in [7, 11) is 0. The predicted molar refractivity (Wildman–Crippen MR) is 32.1 cm³/mol. The van der Waals surface area contributed by atoms with Gasteiger partial charge in [-0.2, -0.15) is 0 Å². The Morgan fingerprint density at radius 2 is 1.78 bits per heavy atom. The van der Waals surface area contributed by atoms with Crippen LogP contribution in [0.5, 0.6) is 0 Å². The number of rotatable bonds is 0. The van der Waals surface area contributed by atoms with Gasteiger partial charge in [0.1, 0.15) is 0 Å². The van der Waals surface area contributed by atoms with E-state index in [-0.39, 0.29) is 20.4 Å². The second kappa shape index (κ2) is 4.76. The Morgan fingerprint density at radius 3 is 1.78 bits per heavy atom. The zero-order valence-corrected chi connectivity index (χ0v) is 8.09. The van der Waals surface area contributed by atoms with E-state index in [0.717, 1.165) is 6.92 Å². The van der Waals surface area contributed by atoms with E-state index in [0.29, 0.717) is 0 Å². The number of alkyl halides is 3. The molecule has 0 aliphatic rings. The summed E-state index contributed by atoms with van der Waals surface area (Å²) in [5, 5.41) is 0. The summed E-state index contributed by atoms with van der Waals surface area (Å²) in [6, 6.07) is 0. The molecule has 58 valence electrons. The number of ether oxygens (including phenoxy) is 1. The third kappa shape index (κ3) is 12.3. The third-order valence-corrected chi connectivity index (χ3v) is 0.491. The zero-order valence-electron chi connectivity index (χ0n) is 4.27. The average Bonchev–Trinajstić information content (AvgIpc) is 1.21. The quantitative estimate of drug-likeness (QED) is 0.385. The molecule has 0 aromatic rings. The fourth-order valence-electron chi connectivity index (χ4n) is 0.163. The van der Waals surface area contributed by atoms with Crippen LogP contribution in [0.15, 0.2) is 0 Å². The zero-order chi connectivity index (χ0) is 6.78. The first kappa shape index (κ1) is 12.7. The van der Waals surface area contributed by atoms with Crippen LogP contribution >= 0.6 is 34.8 Å². The monoisotopic (exact) mass is 282 g/mol. The van der Waals surface area contributed by atoms with Crippen molar-refractivity contribution in [3.8, 4) is 0 Å². The normalized spacial score (nSPS) is 9.78. The van der Waals surface area contributed by atoms with E-state index in [9.17, 15) is 4.79 Å². The molecule has 9 heavy (non-hydrogen) atoms. The van der Waals surface area contributed by atoms with Gasteiger partial charge in [0.15, 0.2) is 0 Å². The van der Waals surface area contributed by atoms with Gasteiger partial charge in [0, 0.05) is 27.3 Å². The Bertz CT molecular complexity index is 99.7. The maximum absolute atomic E-state index is 9.98. The molecule has 0 atom stereocenters. The van der Waals surface area contributed by atoms with Crippen molar-refractivity contribution in [2.75, 3.05) is 0 Å². The van der Waals surface area contributed by atoms with E-state index in [1.54, 1.807) is 0 Å². The summed E-state index contributed by atoms with van der Waals surface area (Å²) in [5.41, 5.74) is 0. The third-order valence-electron chi connectivity index (χ3n) is 0.259. The van der Waals surface area contributed by atoms with Gasteiger partial charge in [-0.15, -0.1) is 0 Å². The SMILES string of the molecule is CC(=O)OC(Cl)(Cl)Cl.[Pd]. The number of halogens is 3. The molecular weight excluding hydrogens is 281 g/mol. The molecule has 0 spiro atoms. The largest absolute Gasteiger partial charge is 0.415 e. The summed E-state index contributed by atoms with van der Waals surface area (Å²) < 4.78 is 2.18. The smallest absolute Gasteiger partial charge is 0.340 e. The first-order chi connectivity index (χ1) is 3.42. The van der Waals surface area contributed by atoms with Gasteiger partial charge >= 0.3 is 9.95 Å². The maximum Gasteiger partial charge on any atom is 0.340 e. The molecule has 0 bridgehead atoms. The van der Waals surface area contributed by atoms with Crippen LogP contribution in [0.4, 0.5) is 0 Å². The molecule has 0 aromatic heterocycles. The molecule has 6 heteroatoms. The molecule has 0 unspecified atom stereocenters. The number of carbonyl (C=O) groups is 1. The molecule has 0 rings (SSSR count). The van der Waals surface area contributed by atoms with Gasteiger partial charge in [-0.1, -0.05) is 0 Å². The van der Waals surface area contributed by atoms with Gasteiger partial charge in [-0.25, -0.2) is 0 Å². The molecule has 0 aliphatic carbocycles. The van der Waals surface area contributed by atoms with Gasteiger partial charge < -0.3 is 4.74 Å². The first-order valence-corrected chi connectivity index (χ1v) is 2.81. The van der Waals surface area contributed by atoms with Gasteiger partial charge in [0.2, 0.25) is 0 Å². The van der Waals surface area contributed by atoms with Crippen molar-refractivity contribution < 1.29 is 30.0 Å². The fraction of sp³-hybridized carbons (Fsp3) is 0.667. The van der Waals surface area contributed by atoms with Gasteiger partial charge in [0.25, 0.3) is 0 Å². The topological polar surface area (TPSA) is 26.3 Å². The Balaban J connectivity index is 0. The van der Waals surface area contributed by atoms with Crippen LogP contribution in [-0.2, 0) is 30.0 Å². The molecule has 0 N–H and O–H groups in total. The molecule has 0 aliphatic heterocycles. The first-order valence-electron chi connectivity index (χ1n) is 1.68. The minimum absolute atomic E-state index is 0. The van der Waals surface area contributed by atoms with Crippen molar-refractivity contribution in [1.29, 1.82) is 0 Å². The summed E-state index contributed by atoms with van der Waals surface area (Å²) in [5.74, 6) is -0.620. The maximum atomic E-state index is 9.98. The van der Waals surface area contributed by atoms with Crippen LogP contribution in [0.1, 0.15) is 6.92 Å². The van der Waals surface area contributed by atoms with E-state index >= 15 is 0 Å². The predicted octanol–water partition coefficient (Wildman–Crippen LogP) is 1.87. The van der Waals surface area contributed by atoms with Crippen LogP contribution < -0.4 is 0 Å². The Hall–Kier alpha value is 1.00. The second-order valence-corrected chi connectivity index (χ2v) is 3.22. The second-order valence-electron chi connectivity index (χ2n) is 1.04. The van der Waals surface area contributed by atoms with Crippen LogP contribution in [0.25, 0.3) is 0 Å². The van der Waals surface area contributed by atoms with Crippen LogP contribution in [0.2, 0.25) is 0 Å². The Labute approximate surface area is 81.4 Å². The van der Waals surface area contributed by atoms with Crippen molar-refractivity contribution in [1.82, 2.24) is 0 Å². The van der Waals surface area contributed by atoms with Gasteiger partial charge in [-0.05, 0) is 34.8 Å². The number of carbonyl (C=O) groups excluding carboxylic acids is 1. The minimum Gasteiger partial charge on any atom is -0.415 e. The number of esters is 1. The van der Waals surface area contributed by atoms with Crippen molar-refractivity contribution in [2.45, 2.75) is 10.9 Å². The van der Waals surface area contributed by atoms with Crippen molar-refractivity contribution in [3.63, 3.8) is 0 Å². The van der Waals surface area contributed by atoms with E-state index in [4.69, 9.17) is 34.8 Å². The summed E-state index contributed by atoms with van der Waals surface area (Å²) in [6.45, 7) is 1.15. The van der Waals surface area contributed by atoms with E-state index < -0.39 is 9.95 Å². The molecule has 2 nitrogen and oxygen atoms in total. The molecule has 0 radical (unpaired) electrons. The Morgan fingerprint density at radius 1 is 1.44 bits per heavy atom. The number of hydrogen-bond donors (Lipinski definition) is 0. The van der Waals surface area contributed by atoms with Crippen molar-refractivity contribution in [3.05, 3.63) is 0 Å². The molecule has 0 fully saturated rings. The van der Waals surface area contributed by atoms with E-state index in [2.05, 4.69) is 4.74 Å². The molecule has 0 amide bonds. The van der Waals surface area contributed by atoms with E-state index in [1.165, 1.54) is 0 Å². The average molecular weight is 284 g/mol. The summed E-state index contributed by atoms with van der Waals surface area (Å²) >= 11 is 15.0. The molecule has 0 aromatic carbocycles. The molecule has 0 saturated carbocycles. The molecular formula is C3H3Cl3O2Pd. The van der Waals surface area contributed by atoms with Gasteiger partial charge in [-0.3, -0.25) is 4.79 Å². The molecule has 0 saturated heterocycles. The van der Waals surface area contributed by atoms with Gasteiger partial charge in [0.05, 0.1) is 0 Å². The standard InChI is InChI=1S/C3H3Cl3O2.Pd/c1-2(7)8-3(4,5)6;/h1H3;. The minimum atomic E-state index is -1.91. The van der Waals surface area contributed by atoms with E-state index in [1.807, 2.05) is 0 Å².